The number of carbonyl (C=O) groups is 1. The fourth-order valence-electron chi connectivity index (χ4n) is 3.24. The van der Waals surface area contributed by atoms with Crippen LogP contribution in [0.25, 0.3) is 16.8 Å². The van der Waals surface area contributed by atoms with E-state index in [1.165, 1.54) is 0 Å². The Labute approximate surface area is 180 Å². The van der Waals surface area contributed by atoms with Crippen LogP contribution in [0.5, 0.6) is 11.5 Å². The van der Waals surface area contributed by atoms with Gasteiger partial charge in [0.05, 0.1) is 0 Å². The molecule has 5 heteroatoms. The van der Waals surface area contributed by atoms with Crippen LogP contribution in [0.2, 0.25) is 0 Å². The van der Waals surface area contributed by atoms with Crippen molar-refractivity contribution in [2.24, 2.45) is 4.99 Å². The van der Waals surface area contributed by atoms with Gasteiger partial charge >= 0.3 is 5.97 Å². The Balaban J connectivity index is 1.71. The normalized spacial score (nSPS) is 14.3. The molecule has 0 radical (unpaired) electrons. The number of carbonyl (C=O) groups excluding carboxylic acids is 1. The highest BCUT2D eigenvalue weighted by Crippen LogP contribution is 2.30. The zero-order valence-corrected chi connectivity index (χ0v) is 16.9. The van der Waals surface area contributed by atoms with E-state index in [2.05, 4.69) is 18.2 Å². The van der Waals surface area contributed by atoms with Crippen molar-refractivity contribution in [3.8, 4) is 11.5 Å². The summed E-state index contributed by atoms with van der Waals surface area (Å²) < 4.78 is 16.8. The minimum Gasteiger partial charge on any atom is -0.489 e. The molecule has 4 rings (SSSR count). The molecule has 1 aliphatic rings. The second kappa shape index (κ2) is 9.13. The molecule has 5 nitrogen and oxygen atoms in total. The Morgan fingerprint density at radius 2 is 1.71 bits per heavy atom. The van der Waals surface area contributed by atoms with Crippen molar-refractivity contribution in [2.45, 2.75) is 0 Å². The SMILES string of the molecule is C=CCOc1ccc(/C=C2\N=C(c3cccc4ccccc34)OC2=O)c(OCC=C)c1. The third-order valence-corrected chi connectivity index (χ3v) is 4.64. The van der Waals surface area contributed by atoms with Gasteiger partial charge in [0.1, 0.15) is 24.7 Å². The largest absolute Gasteiger partial charge is 0.489 e. The zero-order chi connectivity index (χ0) is 21.6. The minimum atomic E-state index is -0.510. The fraction of sp³-hybridized carbons (Fsp3) is 0.0769. The number of hydrogen-bond donors (Lipinski definition) is 0. The van der Waals surface area contributed by atoms with Gasteiger partial charge in [0, 0.05) is 17.2 Å². The Kier molecular flexibility index (Phi) is 5.94. The van der Waals surface area contributed by atoms with Crippen molar-refractivity contribution in [2.75, 3.05) is 13.2 Å². The van der Waals surface area contributed by atoms with Crippen LogP contribution < -0.4 is 9.47 Å². The van der Waals surface area contributed by atoms with E-state index in [0.29, 0.717) is 30.3 Å². The van der Waals surface area contributed by atoms with Crippen LogP contribution in [0, 0.1) is 0 Å². The zero-order valence-electron chi connectivity index (χ0n) is 16.9. The Hall–Kier alpha value is -4.12. The number of fused-ring (bicyclic) bond motifs is 1. The van der Waals surface area contributed by atoms with Crippen LogP contribution >= 0.6 is 0 Å². The van der Waals surface area contributed by atoms with Gasteiger partial charge in [-0.15, -0.1) is 0 Å². The van der Waals surface area contributed by atoms with E-state index < -0.39 is 5.97 Å². The molecule has 0 aromatic heterocycles. The molecule has 0 amide bonds. The summed E-state index contributed by atoms with van der Waals surface area (Å²) in [4.78, 5) is 17.0. The van der Waals surface area contributed by atoms with Crippen LogP contribution in [0.4, 0.5) is 0 Å². The van der Waals surface area contributed by atoms with Crippen LogP contribution in [0.1, 0.15) is 11.1 Å². The van der Waals surface area contributed by atoms with Crippen LogP contribution in [-0.2, 0) is 9.53 Å². The van der Waals surface area contributed by atoms with E-state index in [1.807, 2.05) is 48.5 Å². The molecule has 31 heavy (non-hydrogen) atoms. The molecule has 0 N–H and O–H groups in total. The summed E-state index contributed by atoms with van der Waals surface area (Å²) >= 11 is 0. The van der Waals surface area contributed by atoms with Crippen LogP contribution in [0.3, 0.4) is 0 Å². The fourth-order valence-corrected chi connectivity index (χ4v) is 3.24. The molecule has 3 aromatic carbocycles. The molecule has 0 atom stereocenters. The number of ether oxygens (including phenoxy) is 3. The second-order valence-corrected chi connectivity index (χ2v) is 6.76. The lowest BCUT2D eigenvalue weighted by Crippen LogP contribution is -2.06. The van der Waals surface area contributed by atoms with Gasteiger partial charge < -0.3 is 14.2 Å². The van der Waals surface area contributed by atoms with Crippen LogP contribution in [0.15, 0.2) is 96.7 Å². The molecule has 0 fully saturated rings. The number of rotatable bonds is 8. The van der Waals surface area contributed by atoms with E-state index in [1.54, 1.807) is 30.4 Å². The third-order valence-electron chi connectivity index (χ3n) is 4.64. The lowest BCUT2D eigenvalue weighted by molar-refractivity contribution is -0.129. The number of cyclic esters (lactones) is 1. The Morgan fingerprint density at radius 3 is 2.55 bits per heavy atom. The van der Waals surface area contributed by atoms with Crippen molar-refractivity contribution >= 4 is 28.7 Å². The monoisotopic (exact) mass is 411 g/mol. The smallest absolute Gasteiger partial charge is 0.363 e. The average molecular weight is 411 g/mol. The van der Waals surface area contributed by atoms with E-state index in [4.69, 9.17) is 14.2 Å². The summed E-state index contributed by atoms with van der Waals surface area (Å²) in [6, 6.07) is 19.1. The van der Waals surface area contributed by atoms with Crippen molar-refractivity contribution in [3.63, 3.8) is 0 Å². The van der Waals surface area contributed by atoms with Crippen molar-refractivity contribution in [3.05, 3.63) is 103 Å². The van der Waals surface area contributed by atoms with Crippen molar-refractivity contribution in [1.82, 2.24) is 0 Å². The van der Waals surface area contributed by atoms with Gasteiger partial charge in [0.25, 0.3) is 0 Å². The summed E-state index contributed by atoms with van der Waals surface area (Å²) in [5.41, 5.74) is 1.65. The number of hydrogen-bond acceptors (Lipinski definition) is 5. The summed E-state index contributed by atoms with van der Waals surface area (Å²) in [7, 11) is 0. The lowest BCUT2D eigenvalue weighted by atomic mass is 10.0. The van der Waals surface area contributed by atoms with E-state index in [-0.39, 0.29) is 11.6 Å². The van der Waals surface area contributed by atoms with Crippen molar-refractivity contribution in [1.29, 1.82) is 0 Å². The van der Waals surface area contributed by atoms with E-state index in [0.717, 1.165) is 16.3 Å². The highest BCUT2D eigenvalue weighted by Gasteiger charge is 2.25. The maximum absolute atomic E-state index is 12.5. The Bertz CT molecular complexity index is 1220. The first-order valence-corrected chi connectivity index (χ1v) is 9.81. The first kappa shape index (κ1) is 20.2. The molecule has 0 aliphatic carbocycles. The lowest BCUT2D eigenvalue weighted by Gasteiger charge is -2.10. The van der Waals surface area contributed by atoms with Gasteiger partial charge in [-0.1, -0.05) is 61.7 Å². The predicted octanol–water partition coefficient (Wildman–Crippen LogP) is 5.31. The maximum Gasteiger partial charge on any atom is 0.363 e. The second-order valence-electron chi connectivity index (χ2n) is 6.76. The minimum absolute atomic E-state index is 0.200. The maximum atomic E-state index is 12.5. The number of benzene rings is 3. The summed E-state index contributed by atoms with van der Waals surface area (Å²) in [6.07, 6.45) is 4.96. The molecule has 3 aromatic rings. The number of aliphatic imine (C=N–C) groups is 1. The predicted molar refractivity (Wildman–Crippen MR) is 122 cm³/mol. The molecule has 0 unspecified atom stereocenters. The summed E-state index contributed by atoms with van der Waals surface area (Å²) in [5.74, 6) is 0.961. The van der Waals surface area contributed by atoms with Gasteiger partial charge in [-0.3, -0.25) is 0 Å². The van der Waals surface area contributed by atoms with Gasteiger partial charge in [-0.25, -0.2) is 9.79 Å². The van der Waals surface area contributed by atoms with Crippen molar-refractivity contribution < 1.29 is 19.0 Å². The van der Waals surface area contributed by atoms with Gasteiger partial charge in [0.2, 0.25) is 5.90 Å². The molecule has 0 saturated heterocycles. The van der Waals surface area contributed by atoms with Gasteiger partial charge in [-0.05, 0) is 35.0 Å². The number of esters is 1. The molecular formula is C26H21NO4. The molecule has 154 valence electrons. The van der Waals surface area contributed by atoms with E-state index >= 15 is 0 Å². The molecule has 1 aliphatic heterocycles. The number of nitrogens with zero attached hydrogens (tertiary/aromatic N) is 1. The molecule has 0 bridgehead atoms. The highest BCUT2D eigenvalue weighted by atomic mass is 16.6. The molecule has 0 spiro atoms. The highest BCUT2D eigenvalue weighted by molar-refractivity contribution is 6.17. The summed E-state index contributed by atoms with van der Waals surface area (Å²) in [5, 5.41) is 2.02. The van der Waals surface area contributed by atoms with Gasteiger partial charge in [0.15, 0.2) is 5.70 Å². The molecule has 0 saturated carbocycles. The standard InChI is InChI=1S/C26H21NO4/c1-3-14-29-20-13-12-19(24(17-20)30-15-4-2)16-23-26(28)31-25(27-23)22-11-7-9-18-8-5-6-10-21(18)22/h3-13,16-17H,1-2,14-15H2/b23-16-. The quantitative estimate of drug-likeness (QED) is 0.286. The Morgan fingerprint density at radius 1 is 0.935 bits per heavy atom. The topological polar surface area (TPSA) is 57.1 Å². The third kappa shape index (κ3) is 4.41. The summed E-state index contributed by atoms with van der Waals surface area (Å²) in [6.45, 7) is 8.03. The average Bonchev–Trinajstić information content (AvgIpc) is 3.16. The van der Waals surface area contributed by atoms with Crippen LogP contribution in [-0.4, -0.2) is 25.1 Å². The molecular weight excluding hydrogens is 390 g/mol. The first-order chi connectivity index (χ1) is 15.2. The molecule has 1 heterocycles. The van der Waals surface area contributed by atoms with E-state index in [9.17, 15) is 4.79 Å². The van der Waals surface area contributed by atoms with Gasteiger partial charge in [-0.2, -0.15) is 0 Å². The first-order valence-electron chi connectivity index (χ1n) is 9.81.